The van der Waals surface area contributed by atoms with Crippen molar-refractivity contribution in [3.05, 3.63) is 47.0 Å². The lowest BCUT2D eigenvalue weighted by molar-refractivity contribution is 0.0777. The summed E-state index contributed by atoms with van der Waals surface area (Å²) < 4.78 is 0. The van der Waals surface area contributed by atoms with Crippen LogP contribution in [0.15, 0.2) is 24.5 Å². The first-order valence-electron chi connectivity index (χ1n) is 9.13. The zero-order chi connectivity index (χ0) is 17.2. The third kappa shape index (κ3) is 3.44. The fourth-order valence-electron chi connectivity index (χ4n) is 4.12. The van der Waals surface area contributed by atoms with Gasteiger partial charge in [-0.1, -0.05) is 6.07 Å². The van der Waals surface area contributed by atoms with Gasteiger partial charge in [-0.3, -0.25) is 14.9 Å². The molecule has 6 nitrogen and oxygen atoms in total. The molecule has 1 fully saturated rings. The topological polar surface area (TPSA) is 65.1 Å². The Hall–Kier alpha value is -2.21. The van der Waals surface area contributed by atoms with Gasteiger partial charge >= 0.3 is 0 Å². The van der Waals surface area contributed by atoms with E-state index in [2.05, 4.69) is 33.2 Å². The average Bonchev–Trinajstić information content (AvgIpc) is 3.31. The van der Waals surface area contributed by atoms with Crippen molar-refractivity contribution >= 4 is 5.91 Å². The van der Waals surface area contributed by atoms with Gasteiger partial charge in [-0.15, -0.1) is 0 Å². The van der Waals surface area contributed by atoms with E-state index in [9.17, 15) is 4.79 Å². The second-order valence-corrected chi connectivity index (χ2v) is 7.35. The second kappa shape index (κ2) is 6.96. The van der Waals surface area contributed by atoms with Gasteiger partial charge in [-0.05, 0) is 50.3 Å². The summed E-state index contributed by atoms with van der Waals surface area (Å²) in [5.74, 6) is 0.634. The van der Waals surface area contributed by atoms with Crippen molar-refractivity contribution in [3.63, 3.8) is 0 Å². The molecule has 132 valence electrons. The van der Waals surface area contributed by atoms with Crippen LogP contribution >= 0.6 is 0 Å². The molecule has 0 aromatic carbocycles. The Morgan fingerprint density at radius 2 is 2.36 bits per heavy atom. The Bertz CT molecular complexity index is 742. The van der Waals surface area contributed by atoms with Gasteiger partial charge in [0, 0.05) is 49.8 Å². The molecule has 4 rings (SSSR count). The fourth-order valence-corrected chi connectivity index (χ4v) is 4.12. The Morgan fingerprint density at radius 3 is 3.20 bits per heavy atom. The van der Waals surface area contributed by atoms with Crippen molar-refractivity contribution in [2.45, 2.75) is 32.2 Å². The number of fused-ring (bicyclic) bond motifs is 1. The van der Waals surface area contributed by atoms with Crippen LogP contribution in [0.1, 0.15) is 40.2 Å². The van der Waals surface area contributed by atoms with E-state index in [0.717, 1.165) is 63.1 Å². The number of aryl methyl sites for hydroxylation is 1. The largest absolute Gasteiger partial charge is 0.337 e. The van der Waals surface area contributed by atoms with Gasteiger partial charge in [0.1, 0.15) is 0 Å². The summed E-state index contributed by atoms with van der Waals surface area (Å²) in [5.41, 5.74) is 4.21. The molecule has 3 heterocycles. The maximum atomic E-state index is 12.8. The minimum Gasteiger partial charge on any atom is -0.337 e. The number of likely N-dealkylation sites (tertiary alicyclic amines) is 1. The van der Waals surface area contributed by atoms with Gasteiger partial charge in [-0.25, -0.2) is 0 Å². The van der Waals surface area contributed by atoms with Crippen molar-refractivity contribution in [2.75, 3.05) is 26.7 Å². The van der Waals surface area contributed by atoms with E-state index in [-0.39, 0.29) is 5.91 Å². The highest BCUT2D eigenvalue weighted by Gasteiger charge is 2.31. The molecular weight excluding hydrogens is 314 g/mol. The zero-order valence-electron chi connectivity index (χ0n) is 14.7. The van der Waals surface area contributed by atoms with Crippen molar-refractivity contribution in [1.82, 2.24) is 25.0 Å². The third-order valence-electron chi connectivity index (χ3n) is 5.33. The number of pyridine rings is 1. The summed E-state index contributed by atoms with van der Waals surface area (Å²) in [6, 6.07) is 4.08. The first-order valence-corrected chi connectivity index (χ1v) is 9.13. The number of carbonyl (C=O) groups is 1. The molecule has 1 amide bonds. The minimum atomic E-state index is 0.108. The van der Waals surface area contributed by atoms with E-state index < -0.39 is 0 Å². The van der Waals surface area contributed by atoms with Crippen molar-refractivity contribution in [2.24, 2.45) is 5.92 Å². The minimum absolute atomic E-state index is 0.108. The molecule has 1 N–H and O–H groups in total. The smallest absolute Gasteiger partial charge is 0.274 e. The third-order valence-corrected chi connectivity index (χ3v) is 5.33. The molecule has 6 heteroatoms. The number of nitrogens with one attached hydrogen (secondary N) is 1. The van der Waals surface area contributed by atoms with Crippen LogP contribution in [0.5, 0.6) is 0 Å². The van der Waals surface area contributed by atoms with Gasteiger partial charge in [0.25, 0.3) is 5.91 Å². The van der Waals surface area contributed by atoms with Gasteiger partial charge in [0.15, 0.2) is 5.69 Å². The number of aromatic amines is 1. The number of amides is 1. The van der Waals surface area contributed by atoms with Crippen molar-refractivity contribution < 1.29 is 4.79 Å². The molecule has 1 aliphatic carbocycles. The Kier molecular flexibility index (Phi) is 4.53. The summed E-state index contributed by atoms with van der Waals surface area (Å²) >= 11 is 0. The van der Waals surface area contributed by atoms with E-state index in [1.165, 1.54) is 5.56 Å². The van der Waals surface area contributed by atoms with Gasteiger partial charge in [0.05, 0.1) is 0 Å². The Morgan fingerprint density at radius 1 is 1.44 bits per heavy atom. The number of rotatable bonds is 5. The monoisotopic (exact) mass is 339 g/mol. The second-order valence-electron chi connectivity index (χ2n) is 7.35. The number of hydrogen-bond acceptors (Lipinski definition) is 4. The van der Waals surface area contributed by atoms with Gasteiger partial charge in [-0.2, -0.15) is 5.10 Å². The molecule has 2 aromatic rings. The lowest BCUT2D eigenvalue weighted by Gasteiger charge is -2.21. The summed E-state index contributed by atoms with van der Waals surface area (Å²) in [4.78, 5) is 21.3. The van der Waals surface area contributed by atoms with Crippen LogP contribution in [0.2, 0.25) is 0 Å². The van der Waals surface area contributed by atoms with E-state index in [0.29, 0.717) is 11.6 Å². The van der Waals surface area contributed by atoms with Crippen LogP contribution in [-0.2, 0) is 19.4 Å². The highest BCUT2D eigenvalue weighted by atomic mass is 16.2. The van der Waals surface area contributed by atoms with Crippen LogP contribution in [0, 0.1) is 5.92 Å². The lowest BCUT2D eigenvalue weighted by atomic mass is 10.1. The van der Waals surface area contributed by atoms with E-state index in [4.69, 9.17) is 0 Å². The SMILES string of the molecule is CN(Cc1cccnc1)C[C@@H]1CCN(C(=O)c2n[nH]c3c2CCC3)C1. The Labute approximate surface area is 148 Å². The van der Waals surface area contributed by atoms with Crippen LogP contribution in [0.25, 0.3) is 0 Å². The fraction of sp³-hybridized carbons (Fsp3) is 0.526. The number of nitrogens with zero attached hydrogens (tertiary/aromatic N) is 4. The maximum absolute atomic E-state index is 12.8. The molecule has 2 aromatic heterocycles. The number of carbonyl (C=O) groups excluding carboxylic acids is 1. The molecule has 1 aliphatic heterocycles. The van der Waals surface area contributed by atoms with Crippen molar-refractivity contribution in [1.29, 1.82) is 0 Å². The standard InChI is InChI=1S/C19H25N5O/c1-23(11-14-4-3-8-20-10-14)12-15-7-9-24(13-15)19(25)18-16-5-2-6-17(16)21-22-18/h3-4,8,10,15H,2,5-7,9,11-13H2,1H3,(H,21,22)/t15-/m0/s1. The quantitative estimate of drug-likeness (QED) is 0.903. The highest BCUT2D eigenvalue weighted by Crippen LogP contribution is 2.26. The van der Waals surface area contributed by atoms with Crippen LogP contribution in [-0.4, -0.2) is 57.6 Å². The number of hydrogen-bond donors (Lipinski definition) is 1. The molecule has 0 radical (unpaired) electrons. The van der Waals surface area contributed by atoms with E-state index in [1.54, 1.807) is 6.20 Å². The first-order chi connectivity index (χ1) is 12.2. The molecule has 25 heavy (non-hydrogen) atoms. The average molecular weight is 339 g/mol. The van der Waals surface area contributed by atoms with Gasteiger partial charge < -0.3 is 9.80 Å². The maximum Gasteiger partial charge on any atom is 0.274 e. The summed E-state index contributed by atoms with van der Waals surface area (Å²) in [5, 5.41) is 7.34. The van der Waals surface area contributed by atoms with Crippen LogP contribution < -0.4 is 0 Å². The molecule has 1 atom stereocenters. The zero-order valence-corrected chi connectivity index (χ0v) is 14.7. The summed E-state index contributed by atoms with van der Waals surface area (Å²) in [6.45, 7) is 3.56. The highest BCUT2D eigenvalue weighted by molar-refractivity contribution is 5.94. The van der Waals surface area contributed by atoms with Crippen LogP contribution in [0.3, 0.4) is 0 Å². The molecule has 0 saturated carbocycles. The first kappa shape index (κ1) is 16.3. The summed E-state index contributed by atoms with van der Waals surface area (Å²) in [6.07, 6.45) is 7.92. The van der Waals surface area contributed by atoms with Gasteiger partial charge in [0.2, 0.25) is 0 Å². The molecular formula is C19H25N5O. The molecule has 0 bridgehead atoms. The number of aromatic nitrogens is 3. The predicted octanol–water partition coefficient (Wildman–Crippen LogP) is 1.89. The van der Waals surface area contributed by atoms with E-state index >= 15 is 0 Å². The molecule has 1 saturated heterocycles. The van der Waals surface area contributed by atoms with Crippen LogP contribution in [0.4, 0.5) is 0 Å². The lowest BCUT2D eigenvalue weighted by Crippen LogP contribution is -2.32. The normalized spacial score (nSPS) is 19.6. The number of H-pyrrole nitrogens is 1. The van der Waals surface area contributed by atoms with Crippen molar-refractivity contribution in [3.8, 4) is 0 Å². The van der Waals surface area contributed by atoms with E-state index in [1.807, 2.05) is 17.2 Å². The Balaban J connectivity index is 1.32. The molecule has 0 spiro atoms. The molecule has 2 aliphatic rings. The summed E-state index contributed by atoms with van der Waals surface area (Å²) in [7, 11) is 2.14. The predicted molar refractivity (Wildman–Crippen MR) is 95.2 cm³/mol. The molecule has 0 unspecified atom stereocenters.